The maximum atomic E-state index is 14.0. The van der Waals surface area contributed by atoms with Gasteiger partial charge in [-0.15, -0.1) is 0 Å². The second kappa shape index (κ2) is 12.1. The standard InChI is InChI=1S/C31H27N5O8S/c37-21-11-9-19(10-12-21)17-23(34-31(41)44-26-8-3-5-20-6-4-15-33-27(20)26)29(39)35-16-13-24-28(35)25(38)18-36(24)45(42,43)30(40)22-7-1-2-14-32-22/h1-12,14-15,23-24,28,37H,13,16-18H2,(H,34,41). The molecule has 13 nitrogen and oxygen atoms in total. The van der Waals surface area contributed by atoms with E-state index in [9.17, 15) is 32.7 Å². The summed E-state index contributed by atoms with van der Waals surface area (Å²) < 4.78 is 33.0. The van der Waals surface area contributed by atoms with Crippen molar-refractivity contribution >= 4 is 43.8 Å². The van der Waals surface area contributed by atoms with Crippen LogP contribution in [0.25, 0.3) is 10.9 Å². The molecule has 6 rings (SSSR count). The lowest BCUT2D eigenvalue weighted by molar-refractivity contribution is -0.138. The summed E-state index contributed by atoms with van der Waals surface area (Å²) >= 11 is 0. The fourth-order valence-electron chi connectivity index (χ4n) is 5.76. The molecule has 45 heavy (non-hydrogen) atoms. The zero-order chi connectivity index (χ0) is 31.7. The fourth-order valence-corrected chi connectivity index (χ4v) is 7.23. The number of hydrogen-bond donors (Lipinski definition) is 2. The molecule has 3 unspecified atom stereocenters. The molecule has 2 N–H and O–H groups in total. The largest absolute Gasteiger partial charge is 0.508 e. The number of aromatic nitrogens is 2. The smallest absolute Gasteiger partial charge is 0.413 e. The van der Waals surface area contributed by atoms with E-state index in [2.05, 4.69) is 15.3 Å². The van der Waals surface area contributed by atoms with Gasteiger partial charge in [0.15, 0.2) is 11.5 Å². The number of aromatic hydroxyl groups is 1. The number of phenols is 1. The average molecular weight is 630 g/mol. The highest BCUT2D eigenvalue weighted by molar-refractivity contribution is 8.04. The second-order valence-corrected chi connectivity index (χ2v) is 12.4. The van der Waals surface area contributed by atoms with Crippen molar-refractivity contribution in [3.63, 3.8) is 0 Å². The van der Waals surface area contributed by atoms with Crippen molar-refractivity contribution in [2.24, 2.45) is 0 Å². The molecule has 4 heterocycles. The van der Waals surface area contributed by atoms with Crippen molar-refractivity contribution in [2.45, 2.75) is 31.0 Å². The summed E-state index contributed by atoms with van der Waals surface area (Å²) in [6.45, 7) is -0.564. The number of fused-ring (bicyclic) bond motifs is 2. The number of carbonyl (C=O) groups is 4. The van der Waals surface area contributed by atoms with Crippen LogP contribution >= 0.6 is 0 Å². The first kappa shape index (κ1) is 29.8. The molecular formula is C31H27N5O8S. The number of Topliss-reactive ketones (excluding diaryl/α,β-unsaturated/α-hetero) is 1. The fraction of sp³-hybridized carbons (Fsp3) is 0.226. The molecule has 0 radical (unpaired) electrons. The van der Waals surface area contributed by atoms with Gasteiger partial charge in [0.05, 0.1) is 12.6 Å². The number of likely N-dealkylation sites (tertiary alicyclic amines) is 1. The molecule has 3 atom stereocenters. The number of ketones is 1. The van der Waals surface area contributed by atoms with Crippen LogP contribution in [0.15, 0.2) is 85.2 Å². The van der Waals surface area contributed by atoms with Gasteiger partial charge in [-0.05, 0) is 48.4 Å². The number of nitrogens with zero attached hydrogens (tertiary/aromatic N) is 4. The van der Waals surface area contributed by atoms with E-state index in [0.717, 1.165) is 9.69 Å². The van der Waals surface area contributed by atoms with Crippen molar-refractivity contribution in [3.05, 3.63) is 96.4 Å². The lowest BCUT2D eigenvalue weighted by Gasteiger charge is -2.28. The molecule has 2 saturated heterocycles. The maximum Gasteiger partial charge on any atom is 0.413 e. The maximum absolute atomic E-state index is 14.0. The Kier molecular flexibility index (Phi) is 7.99. The third-order valence-corrected chi connectivity index (χ3v) is 9.54. The van der Waals surface area contributed by atoms with Crippen LogP contribution in [0.3, 0.4) is 0 Å². The van der Waals surface area contributed by atoms with Gasteiger partial charge >= 0.3 is 11.2 Å². The molecule has 2 aliphatic heterocycles. The molecule has 2 fully saturated rings. The van der Waals surface area contributed by atoms with E-state index in [1.54, 1.807) is 48.7 Å². The van der Waals surface area contributed by atoms with Crippen LogP contribution in [-0.4, -0.2) is 86.8 Å². The molecule has 4 aromatic rings. The number of sulfonamides is 1. The summed E-state index contributed by atoms with van der Waals surface area (Å²) in [5.41, 5.74) is 0.756. The van der Waals surface area contributed by atoms with Gasteiger partial charge in [-0.25, -0.2) is 13.2 Å². The number of hydrogen-bond acceptors (Lipinski definition) is 10. The van der Waals surface area contributed by atoms with Crippen LogP contribution < -0.4 is 10.1 Å². The van der Waals surface area contributed by atoms with Gasteiger partial charge in [-0.1, -0.05) is 36.4 Å². The van der Waals surface area contributed by atoms with Crippen molar-refractivity contribution in [1.82, 2.24) is 24.5 Å². The summed E-state index contributed by atoms with van der Waals surface area (Å²) in [6.07, 6.45) is 1.99. The highest BCUT2D eigenvalue weighted by atomic mass is 32.2. The molecule has 0 saturated carbocycles. The summed E-state index contributed by atoms with van der Waals surface area (Å²) in [7, 11) is -4.62. The minimum atomic E-state index is -4.62. The second-order valence-electron chi connectivity index (χ2n) is 10.6. The van der Waals surface area contributed by atoms with Crippen LogP contribution in [0.1, 0.15) is 22.5 Å². The van der Waals surface area contributed by atoms with Crippen LogP contribution in [0.2, 0.25) is 0 Å². The topological polar surface area (TPSA) is 176 Å². The number of ether oxygens (including phenoxy) is 1. The SMILES string of the molecule is O=C(NC(Cc1ccc(O)cc1)C(=O)N1CCC2C1C(=O)CN2S(=O)(=O)C(=O)c1ccccn1)Oc1cccc2cccnc12. The van der Waals surface area contributed by atoms with E-state index in [-0.39, 0.29) is 36.6 Å². The average Bonchev–Trinajstić information content (AvgIpc) is 3.63. The van der Waals surface area contributed by atoms with Crippen molar-refractivity contribution in [2.75, 3.05) is 13.1 Å². The molecular weight excluding hydrogens is 602 g/mol. The number of amides is 2. The van der Waals surface area contributed by atoms with Crippen LogP contribution in [0.4, 0.5) is 4.79 Å². The van der Waals surface area contributed by atoms with E-state index in [4.69, 9.17) is 4.74 Å². The van der Waals surface area contributed by atoms with Crippen molar-refractivity contribution < 1.29 is 37.4 Å². The van der Waals surface area contributed by atoms with Gasteiger partial charge in [-0.2, -0.15) is 4.31 Å². The summed E-state index contributed by atoms with van der Waals surface area (Å²) in [5, 5.41) is 11.8. The third kappa shape index (κ3) is 5.84. The molecule has 230 valence electrons. The number of rotatable bonds is 7. The highest BCUT2D eigenvalue weighted by Gasteiger charge is 2.55. The monoisotopic (exact) mass is 629 g/mol. The van der Waals surface area contributed by atoms with Gasteiger partial charge < -0.3 is 20.1 Å². The predicted octanol–water partition coefficient (Wildman–Crippen LogP) is 2.06. The first-order valence-corrected chi connectivity index (χ1v) is 15.5. The van der Waals surface area contributed by atoms with Gasteiger partial charge in [0.25, 0.3) is 10.0 Å². The number of carbonyl (C=O) groups excluding carboxylic acids is 4. The number of para-hydroxylation sites is 1. The Labute approximate surface area is 257 Å². The normalized spacial score (nSPS) is 18.8. The lowest BCUT2D eigenvalue weighted by Crippen LogP contribution is -2.53. The summed E-state index contributed by atoms with van der Waals surface area (Å²) in [4.78, 5) is 62.6. The quantitative estimate of drug-likeness (QED) is 0.308. The number of nitrogens with one attached hydrogen (secondary N) is 1. The molecule has 0 aliphatic carbocycles. The minimum absolute atomic E-state index is 0.0120. The first-order chi connectivity index (χ1) is 21.6. The highest BCUT2D eigenvalue weighted by Crippen LogP contribution is 2.33. The van der Waals surface area contributed by atoms with Crippen molar-refractivity contribution in [3.8, 4) is 11.5 Å². The summed E-state index contributed by atoms with van der Waals surface area (Å²) in [5.74, 6) is -0.992. The van der Waals surface area contributed by atoms with E-state index in [1.165, 1.54) is 41.4 Å². The lowest BCUT2D eigenvalue weighted by atomic mass is 10.0. The Hall–Kier alpha value is -5.21. The number of pyridine rings is 2. The molecule has 14 heteroatoms. The van der Waals surface area contributed by atoms with E-state index in [0.29, 0.717) is 11.1 Å². The van der Waals surface area contributed by atoms with Gasteiger partial charge in [0.1, 0.15) is 29.0 Å². The molecule has 0 spiro atoms. The molecule has 2 aromatic heterocycles. The zero-order valence-electron chi connectivity index (χ0n) is 23.6. The first-order valence-electron chi connectivity index (χ1n) is 14.0. The Morgan fingerprint density at radius 2 is 1.73 bits per heavy atom. The number of phenolic OH excluding ortho intramolecular Hbond substituents is 1. The molecule has 2 aromatic carbocycles. The van der Waals surface area contributed by atoms with Crippen LogP contribution in [0, 0.1) is 0 Å². The Morgan fingerprint density at radius 3 is 2.49 bits per heavy atom. The minimum Gasteiger partial charge on any atom is -0.508 e. The Morgan fingerprint density at radius 1 is 0.978 bits per heavy atom. The molecule has 0 bridgehead atoms. The van der Waals surface area contributed by atoms with Crippen molar-refractivity contribution in [1.29, 1.82) is 0 Å². The third-order valence-electron chi connectivity index (χ3n) is 7.84. The van der Waals surface area contributed by atoms with Gasteiger partial charge in [-0.3, -0.25) is 24.4 Å². The summed E-state index contributed by atoms with van der Waals surface area (Å²) in [6, 6.07) is 15.6. The predicted molar refractivity (Wildman–Crippen MR) is 160 cm³/mol. The van der Waals surface area contributed by atoms with E-state index >= 15 is 0 Å². The Bertz CT molecular complexity index is 1900. The Balaban J connectivity index is 1.24. The zero-order valence-corrected chi connectivity index (χ0v) is 24.5. The van der Waals surface area contributed by atoms with E-state index in [1.807, 2.05) is 0 Å². The van der Waals surface area contributed by atoms with Gasteiger partial charge in [0, 0.05) is 30.7 Å². The van der Waals surface area contributed by atoms with Crippen LogP contribution in [-0.2, 0) is 26.0 Å². The van der Waals surface area contributed by atoms with Crippen LogP contribution in [0.5, 0.6) is 11.5 Å². The van der Waals surface area contributed by atoms with Gasteiger partial charge in [0.2, 0.25) is 5.91 Å². The van der Waals surface area contributed by atoms with E-state index < -0.39 is 57.6 Å². The number of benzene rings is 2. The molecule has 2 amide bonds. The molecule has 2 aliphatic rings.